The van der Waals surface area contributed by atoms with E-state index in [1.54, 1.807) is 21.9 Å². The maximum Gasteiger partial charge on any atom is 0.335 e. The van der Waals surface area contributed by atoms with Crippen LogP contribution in [0.2, 0.25) is 0 Å². The van der Waals surface area contributed by atoms with Crippen LogP contribution in [0.25, 0.3) is 10.9 Å². The summed E-state index contributed by atoms with van der Waals surface area (Å²) in [6.45, 7) is 7.56. The lowest BCUT2D eigenvalue weighted by atomic mass is 10.1. The Balaban J connectivity index is 1.67. The van der Waals surface area contributed by atoms with Gasteiger partial charge in [-0.15, -0.1) is 0 Å². The molecule has 7 heteroatoms. The SMILES string of the molecule is CCCCN1CC(=O)N(Cc2c(C)c3ccccc3n2Cc2ccc(C(=O)O)cc2)C(C)C1=O. The van der Waals surface area contributed by atoms with Crippen molar-refractivity contribution in [2.24, 2.45) is 0 Å². The second kappa shape index (κ2) is 9.71. The molecule has 0 bridgehead atoms. The summed E-state index contributed by atoms with van der Waals surface area (Å²) >= 11 is 0. The lowest BCUT2D eigenvalue weighted by Gasteiger charge is -2.39. The van der Waals surface area contributed by atoms with E-state index in [0.29, 0.717) is 19.6 Å². The Morgan fingerprint density at radius 1 is 1.06 bits per heavy atom. The number of para-hydroxylation sites is 1. The molecule has 178 valence electrons. The Morgan fingerprint density at radius 3 is 2.44 bits per heavy atom. The summed E-state index contributed by atoms with van der Waals surface area (Å²) in [6, 6.07) is 14.4. The summed E-state index contributed by atoms with van der Waals surface area (Å²) in [7, 11) is 0. The molecule has 0 saturated carbocycles. The fraction of sp³-hybridized carbons (Fsp3) is 0.370. The highest BCUT2D eigenvalue weighted by atomic mass is 16.4. The first-order valence-electron chi connectivity index (χ1n) is 11.8. The third-order valence-electron chi connectivity index (χ3n) is 6.78. The normalized spacial score (nSPS) is 16.5. The van der Waals surface area contributed by atoms with Gasteiger partial charge in [0.2, 0.25) is 11.8 Å². The van der Waals surface area contributed by atoms with Crippen molar-refractivity contribution < 1.29 is 19.5 Å². The molecular weight excluding hydrogens is 430 g/mol. The van der Waals surface area contributed by atoms with E-state index in [-0.39, 0.29) is 23.9 Å². The summed E-state index contributed by atoms with van der Waals surface area (Å²) in [5.74, 6) is -0.993. The number of aryl methyl sites for hydroxylation is 1. The van der Waals surface area contributed by atoms with Crippen LogP contribution in [0.15, 0.2) is 48.5 Å². The number of benzene rings is 2. The zero-order chi connectivity index (χ0) is 24.4. The molecule has 7 nitrogen and oxygen atoms in total. The van der Waals surface area contributed by atoms with Gasteiger partial charge in [0.05, 0.1) is 18.7 Å². The molecule has 2 aromatic carbocycles. The lowest BCUT2D eigenvalue weighted by Crippen LogP contribution is -2.58. The molecule has 2 heterocycles. The second-order valence-electron chi connectivity index (χ2n) is 8.99. The molecule has 1 aliphatic heterocycles. The van der Waals surface area contributed by atoms with Crippen LogP contribution in [-0.4, -0.2) is 56.4 Å². The van der Waals surface area contributed by atoms with Gasteiger partial charge in [0.1, 0.15) is 6.04 Å². The maximum absolute atomic E-state index is 13.1. The van der Waals surface area contributed by atoms with E-state index >= 15 is 0 Å². The summed E-state index contributed by atoms with van der Waals surface area (Å²) in [4.78, 5) is 40.7. The number of rotatable bonds is 8. The van der Waals surface area contributed by atoms with E-state index in [9.17, 15) is 19.5 Å². The zero-order valence-corrected chi connectivity index (χ0v) is 20.0. The minimum Gasteiger partial charge on any atom is -0.478 e. The number of hydrogen-bond donors (Lipinski definition) is 1. The average Bonchev–Trinajstić information content (AvgIpc) is 3.09. The number of aromatic nitrogens is 1. The van der Waals surface area contributed by atoms with Crippen molar-refractivity contribution in [2.45, 2.75) is 52.7 Å². The number of carboxylic acid groups (broad SMARTS) is 1. The monoisotopic (exact) mass is 461 g/mol. The van der Waals surface area contributed by atoms with E-state index in [4.69, 9.17) is 0 Å². The van der Waals surface area contributed by atoms with Gasteiger partial charge < -0.3 is 19.5 Å². The van der Waals surface area contributed by atoms with Crippen molar-refractivity contribution in [1.29, 1.82) is 0 Å². The molecule has 1 N–H and O–H groups in total. The molecule has 0 radical (unpaired) electrons. The molecule has 3 aromatic rings. The molecule has 1 aromatic heterocycles. The molecule has 1 saturated heterocycles. The standard InChI is InChI=1S/C27H31N3O4/c1-4-5-14-28-17-25(31)29(19(3)26(28)32)16-24-18(2)22-8-6-7-9-23(22)30(24)15-20-10-12-21(13-11-20)27(33)34/h6-13,19H,4-5,14-17H2,1-3H3,(H,33,34). The summed E-state index contributed by atoms with van der Waals surface area (Å²) in [6.07, 6.45) is 1.86. The minimum atomic E-state index is -0.954. The van der Waals surface area contributed by atoms with Gasteiger partial charge in [-0.3, -0.25) is 9.59 Å². The van der Waals surface area contributed by atoms with Gasteiger partial charge in [-0.1, -0.05) is 43.7 Å². The predicted octanol–water partition coefficient (Wildman–Crippen LogP) is 4.06. The van der Waals surface area contributed by atoms with Crippen LogP contribution in [0.4, 0.5) is 0 Å². The van der Waals surface area contributed by atoms with E-state index < -0.39 is 12.0 Å². The number of unbranched alkanes of at least 4 members (excludes halogenated alkanes) is 1. The Morgan fingerprint density at radius 2 is 1.76 bits per heavy atom. The highest BCUT2D eigenvalue weighted by Gasteiger charge is 2.37. The summed E-state index contributed by atoms with van der Waals surface area (Å²) < 4.78 is 2.17. The lowest BCUT2D eigenvalue weighted by molar-refractivity contribution is -0.155. The summed E-state index contributed by atoms with van der Waals surface area (Å²) in [5.41, 5.74) is 4.32. The van der Waals surface area contributed by atoms with Crippen molar-refractivity contribution in [3.63, 3.8) is 0 Å². The van der Waals surface area contributed by atoms with Gasteiger partial charge in [0.15, 0.2) is 0 Å². The van der Waals surface area contributed by atoms with Crippen LogP contribution in [0.5, 0.6) is 0 Å². The first kappa shape index (κ1) is 23.5. The second-order valence-corrected chi connectivity index (χ2v) is 8.99. The zero-order valence-electron chi connectivity index (χ0n) is 20.0. The molecule has 1 aliphatic rings. The number of nitrogens with zero attached hydrogens (tertiary/aromatic N) is 3. The Hall–Kier alpha value is -3.61. The van der Waals surface area contributed by atoms with E-state index in [0.717, 1.165) is 40.6 Å². The first-order valence-corrected chi connectivity index (χ1v) is 11.8. The largest absolute Gasteiger partial charge is 0.478 e. The van der Waals surface area contributed by atoms with E-state index in [1.807, 2.05) is 31.2 Å². The highest BCUT2D eigenvalue weighted by molar-refractivity contribution is 5.95. The fourth-order valence-corrected chi connectivity index (χ4v) is 4.72. The number of fused-ring (bicyclic) bond motifs is 1. The number of piperazine rings is 1. The van der Waals surface area contributed by atoms with Crippen LogP contribution in [0.1, 0.15) is 53.9 Å². The van der Waals surface area contributed by atoms with Crippen LogP contribution in [0, 0.1) is 6.92 Å². The van der Waals surface area contributed by atoms with Gasteiger partial charge in [-0.05, 0) is 49.6 Å². The van der Waals surface area contributed by atoms with Crippen molar-refractivity contribution in [2.75, 3.05) is 13.1 Å². The fourth-order valence-electron chi connectivity index (χ4n) is 4.72. The van der Waals surface area contributed by atoms with Crippen molar-refractivity contribution >= 4 is 28.7 Å². The summed E-state index contributed by atoms with van der Waals surface area (Å²) in [5, 5.41) is 10.3. The number of hydrogen-bond acceptors (Lipinski definition) is 3. The van der Waals surface area contributed by atoms with Crippen molar-refractivity contribution in [3.05, 3.63) is 70.9 Å². The molecule has 34 heavy (non-hydrogen) atoms. The molecule has 0 aliphatic carbocycles. The Kier molecular flexibility index (Phi) is 6.72. The predicted molar refractivity (Wildman–Crippen MR) is 131 cm³/mol. The van der Waals surface area contributed by atoms with E-state index in [2.05, 4.69) is 30.5 Å². The van der Waals surface area contributed by atoms with Gasteiger partial charge >= 0.3 is 5.97 Å². The Labute approximate surface area is 199 Å². The molecule has 2 amide bonds. The van der Waals surface area contributed by atoms with Gasteiger partial charge in [0.25, 0.3) is 0 Å². The molecule has 4 rings (SSSR count). The topological polar surface area (TPSA) is 82.8 Å². The van der Waals surface area contributed by atoms with Crippen LogP contribution < -0.4 is 0 Å². The van der Waals surface area contributed by atoms with E-state index in [1.165, 1.54) is 0 Å². The maximum atomic E-state index is 13.1. The number of carbonyl (C=O) groups excluding carboxylic acids is 2. The van der Waals surface area contributed by atoms with Gasteiger partial charge in [-0.2, -0.15) is 0 Å². The third kappa shape index (κ3) is 4.42. The molecule has 0 spiro atoms. The van der Waals surface area contributed by atoms with Crippen LogP contribution in [-0.2, 0) is 22.7 Å². The Bertz CT molecular complexity index is 1230. The molecule has 1 atom stereocenters. The number of aromatic carboxylic acids is 1. The number of carboxylic acids is 1. The molecule has 1 unspecified atom stereocenters. The molecular formula is C27H31N3O4. The number of amides is 2. The number of carbonyl (C=O) groups is 3. The molecule has 1 fully saturated rings. The quantitative estimate of drug-likeness (QED) is 0.549. The third-order valence-corrected chi connectivity index (χ3v) is 6.78. The van der Waals surface area contributed by atoms with Crippen LogP contribution in [0.3, 0.4) is 0 Å². The van der Waals surface area contributed by atoms with Gasteiger partial charge in [0, 0.05) is 29.7 Å². The smallest absolute Gasteiger partial charge is 0.335 e. The van der Waals surface area contributed by atoms with Gasteiger partial charge in [-0.25, -0.2) is 4.79 Å². The average molecular weight is 462 g/mol. The first-order chi connectivity index (χ1) is 16.3. The van der Waals surface area contributed by atoms with Crippen molar-refractivity contribution in [3.8, 4) is 0 Å². The minimum absolute atomic E-state index is 0.00220. The van der Waals surface area contributed by atoms with Crippen LogP contribution >= 0.6 is 0 Å². The highest BCUT2D eigenvalue weighted by Crippen LogP contribution is 2.29. The van der Waals surface area contributed by atoms with Crippen molar-refractivity contribution in [1.82, 2.24) is 14.4 Å².